The molecule has 78 valence electrons. The van der Waals surface area contributed by atoms with E-state index in [4.69, 9.17) is 14.7 Å². The second kappa shape index (κ2) is 6.35. The van der Waals surface area contributed by atoms with E-state index >= 15 is 0 Å². The third-order valence-electron chi connectivity index (χ3n) is 1.95. The molecule has 1 fully saturated rings. The maximum absolute atomic E-state index is 10.8. The largest absolute Gasteiger partial charge is 0.465 e. The number of hydrogen-bond acceptors (Lipinski definition) is 5. The van der Waals surface area contributed by atoms with Crippen LogP contribution in [-0.2, 0) is 14.3 Å². The molecular weight excluding hydrogens is 184 g/mol. The number of nitrogens with one attached hydrogen (secondary N) is 1. The van der Waals surface area contributed by atoms with Crippen LogP contribution in [0, 0.1) is 11.3 Å². The minimum absolute atomic E-state index is 0.172. The van der Waals surface area contributed by atoms with E-state index < -0.39 is 5.97 Å². The fourth-order valence-electron chi connectivity index (χ4n) is 1.24. The van der Waals surface area contributed by atoms with E-state index in [0.717, 1.165) is 19.6 Å². The van der Waals surface area contributed by atoms with Gasteiger partial charge >= 0.3 is 5.97 Å². The zero-order valence-electron chi connectivity index (χ0n) is 7.99. The van der Waals surface area contributed by atoms with Gasteiger partial charge in [0.15, 0.2) is 0 Å². The molecule has 1 heterocycles. The lowest BCUT2D eigenvalue weighted by Crippen LogP contribution is -2.41. The Balaban J connectivity index is 2.03. The normalized spacial score (nSPS) is 21.2. The lowest BCUT2D eigenvalue weighted by Gasteiger charge is -2.23. The van der Waals surface area contributed by atoms with Crippen LogP contribution in [0.5, 0.6) is 0 Å². The minimum atomic E-state index is -0.454. The minimum Gasteiger partial charge on any atom is -0.465 e. The van der Waals surface area contributed by atoms with Crippen LogP contribution in [0.3, 0.4) is 0 Å². The van der Waals surface area contributed by atoms with Crippen molar-refractivity contribution in [3.8, 4) is 6.07 Å². The van der Waals surface area contributed by atoms with Gasteiger partial charge in [-0.25, -0.2) is 0 Å². The summed E-state index contributed by atoms with van der Waals surface area (Å²) in [6, 6.07) is 2.00. The van der Waals surface area contributed by atoms with E-state index in [2.05, 4.69) is 5.32 Å². The second-order valence-corrected chi connectivity index (χ2v) is 3.07. The first-order chi connectivity index (χ1) is 6.83. The van der Waals surface area contributed by atoms with Gasteiger partial charge < -0.3 is 14.8 Å². The van der Waals surface area contributed by atoms with Gasteiger partial charge in [-0.2, -0.15) is 5.26 Å². The second-order valence-electron chi connectivity index (χ2n) is 3.07. The lowest BCUT2D eigenvalue weighted by atomic mass is 10.2. The molecule has 0 bridgehead atoms. The zero-order chi connectivity index (χ0) is 10.2. The maximum atomic E-state index is 10.8. The van der Waals surface area contributed by atoms with Crippen LogP contribution >= 0.6 is 0 Å². The molecule has 0 aromatic rings. The molecule has 1 atom stereocenters. The number of nitriles is 1. The molecule has 1 aliphatic heterocycles. The number of carbonyl (C=O) groups excluding carboxylic acids is 1. The van der Waals surface area contributed by atoms with E-state index in [1.807, 2.05) is 0 Å². The first kappa shape index (κ1) is 11.0. The van der Waals surface area contributed by atoms with Gasteiger partial charge in [-0.3, -0.25) is 4.79 Å². The Morgan fingerprint density at radius 1 is 1.71 bits per heavy atom. The smallest absolute Gasteiger partial charge is 0.320 e. The van der Waals surface area contributed by atoms with Gasteiger partial charge in [-0.15, -0.1) is 0 Å². The SMILES string of the molecule is N#CCC(=O)OCCC1COCCN1. The summed E-state index contributed by atoms with van der Waals surface area (Å²) in [6.07, 6.45) is 0.561. The Hall–Kier alpha value is -1.12. The number of nitrogens with zero attached hydrogens (tertiary/aromatic N) is 1. The van der Waals surface area contributed by atoms with Crippen LogP contribution in [0.2, 0.25) is 0 Å². The van der Waals surface area contributed by atoms with Crippen molar-refractivity contribution in [2.75, 3.05) is 26.4 Å². The summed E-state index contributed by atoms with van der Waals surface area (Å²) >= 11 is 0. The molecule has 0 aromatic heterocycles. The summed E-state index contributed by atoms with van der Waals surface area (Å²) in [7, 11) is 0. The summed E-state index contributed by atoms with van der Waals surface area (Å²) in [5, 5.41) is 11.4. The van der Waals surface area contributed by atoms with E-state index in [1.54, 1.807) is 6.07 Å². The van der Waals surface area contributed by atoms with Crippen LogP contribution in [0.4, 0.5) is 0 Å². The van der Waals surface area contributed by atoms with Gasteiger partial charge in [-0.05, 0) is 6.42 Å². The van der Waals surface area contributed by atoms with Crippen LogP contribution in [-0.4, -0.2) is 38.4 Å². The van der Waals surface area contributed by atoms with E-state index in [0.29, 0.717) is 13.2 Å². The van der Waals surface area contributed by atoms with Crippen LogP contribution in [0.1, 0.15) is 12.8 Å². The van der Waals surface area contributed by atoms with Crippen molar-refractivity contribution in [2.45, 2.75) is 18.9 Å². The van der Waals surface area contributed by atoms with Crippen LogP contribution < -0.4 is 5.32 Å². The monoisotopic (exact) mass is 198 g/mol. The van der Waals surface area contributed by atoms with E-state index in [-0.39, 0.29) is 12.5 Å². The van der Waals surface area contributed by atoms with Gasteiger partial charge in [0.25, 0.3) is 0 Å². The third kappa shape index (κ3) is 4.21. The first-order valence-corrected chi connectivity index (χ1v) is 4.66. The molecule has 0 radical (unpaired) electrons. The van der Waals surface area contributed by atoms with Gasteiger partial charge in [0.2, 0.25) is 0 Å². The molecule has 0 saturated carbocycles. The molecule has 1 saturated heterocycles. The molecule has 1 N–H and O–H groups in total. The highest BCUT2D eigenvalue weighted by molar-refractivity contribution is 5.71. The van der Waals surface area contributed by atoms with Crippen molar-refractivity contribution >= 4 is 5.97 Å². The molecule has 0 amide bonds. The van der Waals surface area contributed by atoms with Gasteiger partial charge in [0.1, 0.15) is 6.42 Å². The molecule has 0 aliphatic carbocycles. The maximum Gasteiger partial charge on any atom is 0.320 e. The van der Waals surface area contributed by atoms with Crippen molar-refractivity contribution < 1.29 is 14.3 Å². The standard InChI is InChI=1S/C9H14N2O3/c10-3-1-9(12)14-5-2-8-7-13-6-4-11-8/h8,11H,1-2,4-7H2. The van der Waals surface area contributed by atoms with E-state index in [9.17, 15) is 4.79 Å². The molecular formula is C9H14N2O3. The molecule has 5 nitrogen and oxygen atoms in total. The van der Waals surface area contributed by atoms with Gasteiger partial charge in [0, 0.05) is 12.6 Å². The average molecular weight is 198 g/mol. The molecule has 14 heavy (non-hydrogen) atoms. The first-order valence-electron chi connectivity index (χ1n) is 4.66. The average Bonchev–Trinajstić information content (AvgIpc) is 2.20. The summed E-state index contributed by atoms with van der Waals surface area (Å²) in [6.45, 7) is 2.60. The van der Waals surface area contributed by atoms with Crippen LogP contribution in [0.25, 0.3) is 0 Å². The number of esters is 1. The topological polar surface area (TPSA) is 71.4 Å². The van der Waals surface area contributed by atoms with Crippen molar-refractivity contribution in [1.29, 1.82) is 5.26 Å². The number of carbonyl (C=O) groups is 1. The van der Waals surface area contributed by atoms with Crippen molar-refractivity contribution in [2.24, 2.45) is 0 Å². The Morgan fingerprint density at radius 3 is 3.21 bits per heavy atom. The quantitative estimate of drug-likeness (QED) is 0.634. The van der Waals surface area contributed by atoms with Crippen molar-refractivity contribution in [3.63, 3.8) is 0 Å². The number of morpholine rings is 1. The van der Waals surface area contributed by atoms with E-state index in [1.165, 1.54) is 0 Å². The lowest BCUT2D eigenvalue weighted by molar-refractivity contribution is -0.142. The van der Waals surface area contributed by atoms with Crippen molar-refractivity contribution in [1.82, 2.24) is 5.32 Å². The third-order valence-corrected chi connectivity index (χ3v) is 1.95. The fraction of sp³-hybridized carbons (Fsp3) is 0.778. The van der Waals surface area contributed by atoms with Crippen molar-refractivity contribution in [3.05, 3.63) is 0 Å². The Kier molecular flexibility index (Phi) is 4.97. The highest BCUT2D eigenvalue weighted by Crippen LogP contribution is 1.99. The Bertz CT molecular complexity index is 219. The molecule has 1 aliphatic rings. The Morgan fingerprint density at radius 2 is 2.57 bits per heavy atom. The zero-order valence-corrected chi connectivity index (χ0v) is 7.99. The molecule has 1 rings (SSSR count). The summed E-state index contributed by atoms with van der Waals surface area (Å²) in [5.74, 6) is -0.454. The van der Waals surface area contributed by atoms with Crippen LogP contribution in [0.15, 0.2) is 0 Å². The summed E-state index contributed by atoms with van der Waals surface area (Å²) in [4.78, 5) is 10.8. The highest BCUT2D eigenvalue weighted by atomic mass is 16.5. The predicted molar refractivity (Wildman–Crippen MR) is 48.4 cm³/mol. The molecule has 1 unspecified atom stereocenters. The predicted octanol–water partition coefficient (Wildman–Crippen LogP) is -0.178. The number of ether oxygens (including phenoxy) is 2. The number of hydrogen-bond donors (Lipinski definition) is 1. The molecule has 0 aromatic carbocycles. The number of rotatable bonds is 4. The van der Waals surface area contributed by atoms with Gasteiger partial charge in [-0.1, -0.05) is 0 Å². The Labute approximate surface area is 83.0 Å². The molecule has 5 heteroatoms. The summed E-state index contributed by atoms with van der Waals surface area (Å²) in [5.41, 5.74) is 0. The fourth-order valence-corrected chi connectivity index (χ4v) is 1.24. The van der Waals surface area contributed by atoms with Gasteiger partial charge in [0.05, 0.1) is 25.9 Å². The highest BCUT2D eigenvalue weighted by Gasteiger charge is 2.13. The summed E-state index contributed by atoms with van der Waals surface area (Å²) < 4.78 is 10.1. The molecule has 0 spiro atoms.